The van der Waals surface area contributed by atoms with Crippen molar-refractivity contribution in [3.8, 4) is 0 Å². The predicted octanol–water partition coefficient (Wildman–Crippen LogP) is 6.80. The summed E-state index contributed by atoms with van der Waals surface area (Å²) in [6, 6.07) is 8.93. The molecule has 8 nitrogen and oxygen atoms in total. The molecule has 0 saturated heterocycles. The average Bonchev–Trinajstić information content (AvgIpc) is 3.20. The maximum atomic E-state index is 13.8. The van der Waals surface area contributed by atoms with E-state index in [9.17, 15) is 18.3 Å². The van der Waals surface area contributed by atoms with Gasteiger partial charge in [-0.3, -0.25) is 0 Å². The first-order valence-corrected chi connectivity index (χ1v) is 15.4. The smallest absolute Gasteiger partial charge is 0.407 e. The highest BCUT2D eigenvalue weighted by Gasteiger charge is 2.36. The SMILES string of the molecule is CCCc1cc2c(NC3CCC(N(C(=O)O)C(C)(C)C)CC3)c(Br)cnc2n1S(=O)(=O)c1ccc(C)cc1. The number of nitrogens with zero attached hydrogens (tertiary/aromatic N) is 3. The number of carboxylic acid groups (broad SMARTS) is 1. The van der Waals surface area contributed by atoms with Crippen LogP contribution in [-0.4, -0.2) is 51.1 Å². The molecule has 3 aromatic rings. The number of hydrogen-bond donors (Lipinski definition) is 2. The van der Waals surface area contributed by atoms with Crippen LogP contribution in [0.1, 0.15) is 71.1 Å². The van der Waals surface area contributed by atoms with Gasteiger partial charge in [0.1, 0.15) is 0 Å². The lowest BCUT2D eigenvalue weighted by molar-refractivity contribution is 0.0557. The molecule has 0 aliphatic heterocycles. The Hall–Kier alpha value is -2.59. The van der Waals surface area contributed by atoms with E-state index in [1.807, 2.05) is 40.7 Å². The zero-order valence-electron chi connectivity index (χ0n) is 22.7. The van der Waals surface area contributed by atoms with Gasteiger partial charge < -0.3 is 15.3 Å². The van der Waals surface area contributed by atoms with Gasteiger partial charge in [0.05, 0.1) is 15.1 Å². The number of aryl methyl sites for hydroxylation is 2. The molecule has 2 heterocycles. The number of aromatic nitrogens is 2. The van der Waals surface area contributed by atoms with Crippen LogP contribution in [0.4, 0.5) is 10.5 Å². The van der Waals surface area contributed by atoms with E-state index in [1.165, 1.54) is 3.97 Å². The van der Waals surface area contributed by atoms with Crippen LogP contribution < -0.4 is 5.32 Å². The van der Waals surface area contributed by atoms with Gasteiger partial charge >= 0.3 is 6.09 Å². The van der Waals surface area contributed by atoms with Gasteiger partial charge in [-0.25, -0.2) is 22.2 Å². The number of rotatable bonds is 7. The number of anilines is 1. The number of carbonyl (C=O) groups is 1. The number of hydrogen-bond acceptors (Lipinski definition) is 5. The quantitative estimate of drug-likeness (QED) is 0.307. The van der Waals surface area contributed by atoms with E-state index in [4.69, 9.17) is 0 Å². The highest BCUT2D eigenvalue weighted by molar-refractivity contribution is 9.10. The molecule has 1 fully saturated rings. The van der Waals surface area contributed by atoms with Crippen LogP contribution in [0.25, 0.3) is 11.0 Å². The Balaban J connectivity index is 1.67. The fraction of sp³-hybridized carbons (Fsp3) is 0.500. The minimum atomic E-state index is -3.84. The molecule has 4 rings (SSSR count). The molecule has 206 valence electrons. The van der Waals surface area contributed by atoms with Crippen molar-refractivity contribution in [1.82, 2.24) is 13.9 Å². The van der Waals surface area contributed by atoms with E-state index in [2.05, 4.69) is 26.2 Å². The molecule has 0 spiro atoms. The van der Waals surface area contributed by atoms with Gasteiger partial charge in [0.25, 0.3) is 10.0 Å². The molecule has 1 amide bonds. The third-order valence-electron chi connectivity index (χ3n) is 7.22. The Morgan fingerprint density at radius 1 is 1.18 bits per heavy atom. The van der Waals surface area contributed by atoms with Gasteiger partial charge in [0.2, 0.25) is 0 Å². The van der Waals surface area contributed by atoms with Gasteiger partial charge in [-0.2, -0.15) is 0 Å². The third-order valence-corrected chi connectivity index (χ3v) is 9.58. The summed E-state index contributed by atoms with van der Waals surface area (Å²) < 4.78 is 29.7. The van der Waals surface area contributed by atoms with Crippen molar-refractivity contribution >= 4 is 48.8 Å². The zero-order valence-corrected chi connectivity index (χ0v) is 25.1. The van der Waals surface area contributed by atoms with Gasteiger partial charge in [-0.05, 0) is 93.9 Å². The van der Waals surface area contributed by atoms with Crippen molar-refractivity contribution in [1.29, 1.82) is 0 Å². The Kier molecular flexibility index (Phi) is 8.14. The van der Waals surface area contributed by atoms with Gasteiger partial charge in [-0.1, -0.05) is 31.0 Å². The average molecular weight is 606 g/mol. The van der Waals surface area contributed by atoms with E-state index >= 15 is 0 Å². The first kappa shape index (κ1) is 28.4. The van der Waals surface area contributed by atoms with Crippen LogP contribution >= 0.6 is 15.9 Å². The number of nitrogens with one attached hydrogen (secondary N) is 1. The van der Waals surface area contributed by atoms with E-state index < -0.39 is 21.7 Å². The number of halogens is 1. The molecular formula is C28H37BrN4O4S. The largest absolute Gasteiger partial charge is 0.465 e. The lowest BCUT2D eigenvalue weighted by atomic mass is 9.88. The summed E-state index contributed by atoms with van der Waals surface area (Å²) in [6.07, 6.45) is 5.30. The minimum absolute atomic E-state index is 0.0247. The van der Waals surface area contributed by atoms with Crippen molar-refractivity contribution in [2.75, 3.05) is 5.32 Å². The molecule has 0 radical (unpaired) electrons. The first-order valence-electron chi connectivity index (χ1n) is 13.1. The molecule has 1 saturated carbocycles. The molecule has 2 aromatic heterocycles. The minimum Gasteiger partial charge on any atom is -0.465 e. The molecule has 10 heteroatoms. The summed E-state index contributed by atoms with van der Waals surface area (Å²) >= 11 is 3.63. The summed E-state index contributed by atoms with van der Waals surface area (Å²) in [5.74, 6) is 0. The lowest BCUT2D eigenvalue weighted by Gasteiger charge is -2.43. The maximum Gasteiger partial charge on any atom is 0.407 e. The molecular weight excluding hydrogens is 568 g/mol. The Bertz CT molecular complexity index is 1420. The second-order valence-electron chi connectivity index (χ2n) is 11.2. The molecule has 1 aliphatic carbocycles. The van der Waals surface area contributed by atoms with E-state index in [1.54, 1.807) is 35.4 Å². The number of benzene rings is 1. The first-order chi connectivity index (χ1) is 17.8. The summed E-state index contributed by atoms with van der Waals surface area (Å²) in [6.45, 7) is 9.74. The van der Waals surface area contributed by atoms with Crippen LogP contribution in [0, 0.1) is 6.92 Å². The lowest BCUT2D eigenvalue weighted by Crippen LogP contribution is -2.52. The van der Waals surface area contributed by atoms with Gasteiger partial charge in [0.15, 0.2) is 5.65 Å². The van der Waals surface area contributed by atoms with Crippen LogP contribution in [0.3, 0.4) is 0 Å². The number of fused-ring (bicyclic) bond motifs is 1. The third kappa shape index (κ3) is 5.57. The van der Waals surface area contributed by atoms with E-state index in [0.29, 0.717) is 17.8 Å². The summed E-state index contributed by atoms with van der Waals surface area (Å²) in [5, 5.41) is 14.2. The normalized spacial score (nSPS) is 18.5. The van der Waals surface area contributed by atoms with Crippen LogP contribution in [0.2, 0.25) is 0 Å². The van der Waals surface area contributed by atoms with Gasteiger partial charge in [0, 0.05) is 34.9 Å². The summed E-state index contributed by atoms with van der Waals surface area (Å²) in [5.41, 5.74) is 2.45. The second kappa shape index (κ2) is 10.9. The van der Waals surface area contributed by atoms with Crippen LogP contribution in [0.15, 0.2) is 45.9 Å². The second-order valence-corrected chi connectivity index (χ2v) is 13.8. The molecule has 0 unspecified atom stereocenters. The molecule has 1 aromatic carbocycles. The standard InChI is InChI=1S/C28H37BrN4O4S/c1-6-7-21-16-23-25(31-19-10-12-20(13-11-19)32(27(34)35)28(3,4)5)24(29)17-30-26(23)33(21)38(36,37)22-14-8-18(2)9-15-22/h8-9,14-17,19-20H,6-7,10-13H2,1-5H3,(H,30,31)(H,34,35). The summed E-state index contributed by atoms with van der Waals surface area (Å²) in [4.78, 5) is 18.3. The van der Waals surface area contributed by atoms with Crippen LogP contribution in [-0.2, 0) is 16.4 Å². The molecule has 1 aliphatic rings. The van der Waals surface area contributed by atoms with Crippen molar-refractivity contribution < 1.29 is 18.3 Å². The van der Waals surface area contributed by atoms with Crippen molar-refractivity contribution in [3.05, 3.63) is 52.3 Å². The molecule has 38 heavy (non-hydrogen) atoms. The maximum absolute atomic E-state index is 13.8. The fourth-order valence-corrected chi connectivity index (χ4v) is 7.43. The van der Waals surface area contributed by atoms with Crippen molar-refractivity contribution in [2.24, 2.45) is 0 Å². The molecule has 2 N–H and O–H groups in total. The van der Waals surface area contributed by atoms with Gasteiger partial charge in [-0.15, -0.1) is 0 Å². The van der Waals surface area contributed by atoms with Crippen molar-refractivity contribution in [3.63, 3.8) is 0 Å². The highest BCUT2D eigenvalue weighted by Crippen LogP contribution is 2.37. The Morgan fingerprint density at radius 2 is 1.82 bits per heavy atom. The Morgan fingerprint density at radius 3 is 2.37 bits per heavy atom. The fourth-order valence-electron chi connectivity index (χ4n) is 5.49. The monoisotopic (exact) mass is 604 g/mol. The summed E-state index contributed by atoms with van der Waals surface area (Å²) in [7, 11) is -3.84. The van der Waals surface area contributed by atoms with E-state index in [0.717, 1.165) is 53.2 Å². The Labute approximate surface area is 233 Å². The molecule has 0 atom stereocenters. The number of amides is 1. The van der Waals surface area contributed by atoms with Crippen molar-refractivity contribution in [2.45, 2.75) is 95.7 Å². The predicted molar refractivity (Wildman–Crippen MR) is 154 cm³/mol. The zero-order chi connectivity index (χ0) is 27.8. The highest BCUT2D eigenvalue weighted by atomic mass is 79.9. The van der Waals surface area contributed by atoms with E-state index in [-0.39, 0.29) is 17.0 Å². The molecule has 0 bridgehead atoms. The number of pyridine rings is 1. The van der Waals surface area contributed by atoms with Crippen LogP contribution in [0.5, 0.6) is 0 Å². The topological polar surface area (TPSA) is 105 Å².